The fourth-order valence-corrected chi connectivity index (χ4v) is 3.50. The molecule has 0 saturated heterocycles. The van der Waals surface area contributed by atoms with Crippen LogP contribution in [0.4, 0.5) is 11.4 Å². The molecule has 2 aromatic carbocycles. The van der Waals surface area contributed by atoms with Crippen LogP contribution in [-0.2, 0) is 14.8 Å². The monoisotopic (exact) mass is 453 g/mol. The highest BCUT2D eigenvalue weighted by atomic mass is 32.2. The number of carbonyl (C=O) groups excluding carboxylic acids is 1. The molecule has 0 atom stereocenters. The number of methoxy groups -OCH3 is 2. The molecule has 168 valence electrons. The van der Waals surface area contributed by atoms with Crippen molar-refractivity contribution in [2.45, 2.75) is 0 Å². The zero-order valence-corrected chi connectivity index (χ0v) is 18.0. The number of ether oxygens (including phenoxy) is 3. The van der Waals surface area contributed by atoms with Crippen molar-refractivity contribution in [1.82, 2.24) is 5.32 Å². The average Bonchev–Trinajstić information content (AvgIpc) is 2.74. The molecule has 0 aliphatic heterocycles. The van der Waals surface area contributed by atoms with Crippen molar-refractivity contribution < 1.29 is 32.3 Å². The molecule has 0 spiro atoms. The third-order valence-corrected chi connectivity index (χ3v) is 5.21. The van der Waals surface area contributed by atoms with Crippen LogP contribution in [0.2, 0.25) is 0 Å². The number of nitrogens with zero attached hydrogens (tertiary/aromatic N) is 2. The summed E-state index contributed by atoms with van der Waals surface area (Å²) in [5.74, 6) is 0.485. The number of para-hydroxylation sites is 2. The van der Waals surface area contributed by atoms with E-state index in [9.17, 15) is 23.3 Å². The first-order chi connectivity index (χ1) is 14.7. The minimum Gasteiger partial charge on any atom is -0.495 e. The Balaban J connectivity index is 2.07. The highest BCUT2D eigenvalue weighted by molar-refractivity contribution is 7.92. The Morgan fingerprint density at radius 1 is 1.10 bits per heavy atom. The van der Waals surface area contributed by atoms with Crippen molar-refractivity contribution in [3.8, 4) is 17.2 Å². The molecule has 0 aliphatic carbocycles. The molecule has 0 aliphatic rings. The lowest BCUT2D eigenvalue weighted by Crippen LogP contribution is -2.41. The summed E-state index contributed by atoms with van der Waals surface area (Å²) in [4.78, 5) is 22.8. The zero-order chi connectivity index (χ0) is 23.0. The number of nitro groups is 1. The Hall–Kier alpha value is -3.54. The molecule has 0 unspecified atom stereocenters. The van der Waals surface area contributed by atoms with Crippen LogP contribution in [-0.4, -0.2) is 59.4 Å². The lowest BCUT2D eigenvalue weighted by molar-refractivity contribution is -0.384. The van der Waals surface area contributed by atoms with Gasteiger partial charge in [-0.2, -0.15) is 0 Å². The minimum atomic E-state index is -3.95. The first-order valence-electron chi connectivity index (χ1n) is 9.00. The van der Waals surface area contributed by atoms with Gasteiger partial charge in [0.1, 0.15) is 24.6 Å². The van der Waals surface area contributed by atoms with Crippen molar-refractivity contribution in [3.05, 3.63) is 52.6 Å². The average molecular weight is 453 g/mol. The molecule has 2 aromatic rings. The van der Waals surface area contributed by atoms with Gasteiger partial charge in [0.15, 0.2) is 11.5 Å². The van der Waals surface area contributed by atoms with E-state index in [4.69, 9.17) is 14.2 Å². The quantitative estimate of drug-likeness (QED) is 0.307. The van der Waals surface area contributed by atoms with Crippen molar-refractivity contribution in [2.24, 2.45) is 0 Å². The summed E-state index contributed by atoms with van der Waals surface area (Å²) < 4.78 is 41.1. The topological polar surface area (TPSA) is 137 Å². The van der Waals surface area contributed by atoms with Gasteiger partial charge in [-0.3, -0.25) is 19.2 Å². The van der Waals surface area contributed by atoms with Crippen LogP contribution < -0.4 is 23.8 Å². The highest BCUT2D eigenvalue weighted by Crippen LogP contribution is 2.33. The largest absolute Gasteiger partial charge is 0.495 e. The normalized spacial score (nSPS) is 10.8. The number of sulfonamides is 1. The second-order valence-corrected chi connectivity index (χ2v) is 8.14. The van der Waals surface area contributed by atoms with Gasteiger partial charge in [-0.05, 0) is 18.2 Å². The molecular formula is C19H23N3O8S. The van der Waals surface area contributed by atoms with Crippen LogP contribution in [0.5, 0.6) is 17.2 Å². The minimum absolute atomic E-state index is 0.0725. The molecule has 0 radical (unpaired) electrons. The number of nitrogens with one attached hydrogen (secondary N) is 1. The van der Waals surface area contributed by atoms with E-state index in [1.807, 2.05) is 0 Å². The van der Waals surface area contributed by atoms with Gasteiger partial charge in [0.25, 0.3) is 5.69 Å². The lowest BCUT2D eigenvalue weighted by atomic mass is 10.2. The maximum atomic E-state index is 12.4. The first kappa shape index (κ1) is 23.7. The van der Waals surface area contributed by atoms with Crippen LogP contribution in [0.1, 0.15) is 0 Å². The maximum Gasteiger partial charge on any atom is 0.271 e. The number of carbonyl (C=O) groups is 1. The predicted octanol–water partition coefficient (Wildman–Crippen LogP) is 1.57. The van der Waals surface area contributed by atoms with E-state index in [0.29, 0.717) is 11.5 Å². The number of amides is 1. The van der Waals surface area contributed by atoms with Gasteiger partial charge >= 0.3 is 0 Å². The van der Waals surface area contributed by atoms with Crippen LogP contribution in [0.15, 0.2) is 42.5 Å². The van der Waals surface area contributed by atoms with E-state index in [-0.39, 0.29) is 30.3 Å². The van der Waals surface area contributed by atoms with Crippen LogP contribution >= 0.6 is 0 Å². The summed E-state index contributed by atoms with van der Waals surface area (Å²) in [6.45, 7) is -0.378. The molecule has 0 aromatic heterocycles. The molecule has 0 saturated carbocycles. The van der Waals surface area contributed by atoms with Crippen LogP contribution in [0, 0.1) is 10.1 Å². The molecule has 0 fully saturated rings. The van der Waals surface area contributed by atoms with E-state index >= 15 is 0 Å². The summed E-state index contributed by atoms with van der Waals surface area (Å²) >= 11 is 0. The van der Waals surface area contributed by atoms with E-state index in [1.165, 1.54) is 26.4 Å². The van der Waals surface area contributed by atoms with E-state index in [0.717, 1.165) is 16.6 Å². The first-order valence-corrected chi connectivity index (χ1v) is 10.8. The Bertz CT molecular complexity index is 1040. The molecular weight excluding hydrogens is 430 g/mol. The molecule has 1 N–H and O–H groups in total. The Labute approximate surface area is 179 Å². The van der Waals surface area contributed by atoms with Crippen LogP contribution in [0.3, 0.4) is 0 Å². The SMILES string of the molecule is COc1ccccc1OCCNC(=O)CN(c1cc([N+](=O)[O-])ccc1OC)S(C)(=O)=O. The van der Waals surface area contributed by atoms with Gasteiger partial charge in [-0.25, -0.2) is 8.42 Å². The van der Waals surface area contributed by atoms with Gasteiger partial charge in [-0.15, -0.1) is 0 Å². The maximum absolute atomic E-state index is 12.4. The standard InChI is InChI=1S/C19H23N3O8S/c1-28-16-9-8-14(22(24)25)12-15(16)21(31(3,26)27)13-19(23)20-10-11-30-18-7-5-4-6-17(18)29-2/h4-9,12H,10-11,13H2,1-3H3,(H,20,23). The number of benzene rings is 2. The van der Waals surface area contributed by atoms with Crippen molar-refractivity contribution in [1.29, 1.82) is 0 Å². The highest BCUT2D eigenvalue weighted by Gasteiger charge is 2.26. The molecule has 12 heteroatoms. The summed E-state index contributed by atoms with van der Waals surface area (Å²) in [6.07, 6.45) is 0.892. The van der Waals surface area contributed by atoms with Crippen molar-refractivity contribution in [2.75, 3.05) is 44.5 Å². The number of hydrogen-bond acceptors (Lipinski definition) is 8. The van der Waals surface area contributed by atoms with Gasteiger partial charge in [0.05, 0.1) is 31.9 Å². The number of rotatable bonds is 11. The third-order valence-electron chi connectivity index (χ3n) is 4.08. The number of hydrogen-bond donors (Lipinski definition) is 1. The Morgan fingerprint density at radius 3 is 2.32 bits per heavy atom. The second kappa shape index (κ2) is 10.5. The smallest absolute Gasteiger partial charge is 0.271 e. The van der Waals surface area contributed by atoms with E-state index < -0.39 is 27.4 Å². The number of nitro benzene ring substituents is 1. The Morgan fingerprint density at radius 2 is 1.74 bits per heavy atom. The molecule has 0 bridgehead atoms. The molecule has 11 nitrogen and oxygen atoms in total. The summed E-state index contributed by atoms with van der Waals surface area (Å²) in [5, 5.41) is 13.6. The molecule has 0 heterocycles. The van der Waals surface area contributed by atoms with Gasteiger partial charge in [0.2, 0.25) is 15.9 Å². The summed E-state index contributed by atoms with van der Waals surface area (Å²) in [5.41, 5.74) is -0.449. The van der Waals surface area contributed by atoms with E-state index in [2.05, 4.69) is 5.32 Å². The second-order valence-electron chi connectivity index (χ2n) is 6.23. The lowest BCUT2D eigenvalue weighted by Gasteiger charge is -2.23. The number of anilines is 1. The van der Waals surface area contributed by atoms with Gasteiger partial charge in [-0.1, -0.05) is 12.1 Å². The predicted molar refractivity (Wildman–Crippen MR) is 113 cm³/mol. The van der Waals surface area contributed by atoms with Gasteiger partial charge < -0.3 is 19.5 Å². The van der Waals surface area contributed by atoms with Crippen molar-refractivity contribution in [3.63, 3.8) is 0 Å². The summed E-state index contributed by atoms with van der Waals surface area (Å²) in [6, 6.07) is 10.5. The van der Waals surface area contributed by atoms with Crippen LogP contribution in [0.25, 0.3) is 0 Å². The number of non-ortho nitro benzene ring substituents is 1. The van der Waals surface area contributed by atoms with Crippen molar-refractivity contribution >= 4 is 27.3 Å². The molecule has 2 rings (SSSR count). The fourth-order valence-electron chi connectivity index (χ4n) is 2.64. The fraction of sp³-hybridized carbons (Fsp3) is 0.316. The molecule has 1 amide bonds. The molecule has 31 heavy (non-hydrogen) atoms. The van der Waals surface area contributed by atoms with E-state index in [1.54, 1.807) is 24.3 Å². The van der Waals surface area contributed by atoms with Gasteiger partial charge in [0, 0.05) is 12.1 Å². The third kappa shape index (κ3) is 6.47. The Kier molecular flexibility index (Phi) is 8.02. The zero-order valence-electron chi connectivity index (χ0n) is 17.2. The summed E-state index contributed by atoms with van der Waals surface area (Å²) in [7, 11) is -1.15.